The average Bonchev–Trinajstić information content (AvgIpc) is 3.49. The monoisotopic (exact) mass is 507 g/mol. The van der Waals surface area contributed by atoms with Crippen LogP contribution in [0.1, 0.15) is 11.1 Å². The number of nitrogens with one attached hydrogen (secondary N) is 2. The van der Waals surface area contributed by atoms with Crippen molar-refractivity contribution in [3.63, 3.8) is 0 Å². The van der Waals surface area contributed by atoms with E-state index in [4.69, 9.17) is 0 Å². The van der Waals surface area contributed by atoms with Crippen LogP contribution >= 0.6 is 0 Å². The number of imide groups is 1. The Balaban J connectivity index is 1.37. The first-order valence-corrected chi connectivity index (χ1v) is 12.4. The summed E-state index contributed by atoms with van der Waals surface area (Å²) in [6.07, 6.45) is 0.325. The van der Waals surface area contributed by atoms with Gasteiger partial charge in [-0.05, 0) is 65.2 Å². The second kappa shape index (κ2) is 7.97. The fourth-order valence-electron chi connectivity index (χ4n) is 6.41. The predicted molar refractivity (Wildman–Crippen MR) is 139 cm³/mol. The minimum absolute atomic E-state index is 0.108. The molecule has 3 N–H and O–H groups in total. The van der Waals surface area contributed by atoms with Crippen molar-refractivity contribution in [2.24, 2.45) is 11.8 Å². The lowest BCUT2D eigenvalue weighted by atomic mass is 9.76. The van der Waals surface area contributed by atoms with Crippen molar-refractivity contribution in [1.29, 1.82) is 0 Å². The number of phenolic OH excluding ortho intramolecular Hbond substituents is 1. The molecular weight excluding hydrogens is 485 g/mol. The molecule has 0 bridgehead atoms. The Labute approximate surface area is 216 Å². The molecular formula is C30H22FN3O4. The number of amides is 3. The lowest BCUT2D eigenvalue weighted by Gasteiger charge is -2.29. The zero-order valence-electron chi connectivity index (χ0n) is 20.0. The Morgan fingerprint density at radius 2 is 1.63 bits per heavy atom. The largest absolute Gasteiger partial charge is 0.508 e. The second-order valence-electron chi connectivity index (χ2n) is 10.1. The first-order chi connectivity index (χ1) is 18.4. The first kappa shape index (κ1) is 22.6. The Kier molecular flexibility index (Phi) is 4.74. The number of phenols is 1. The highest BCUT2D eigenvalue weighted by atomic mass is 19.1. The van der Waals surface area contributed by atoms with Crippen LogP contribution in [0, 0.1) is 17.7 Å². The van der Waals surface area contributed by atoms with Crippen molar-refractivity contribution in [2.45, 2.75) is 18.0 Å². The normalized spacial score (nSPS) is 25.8. The molecule has 4 aromatic carbocycles. The predicted octanol–water partition coefficient (Wildman–Crippen LogP) is 3.85. The van der Waals surface area contributed by atoms with E-state index < -0.39 is 47.0 Å². The highest BCUT2D eigenvalue weighted by Gasteiger charge is 2.70. The Bertz CT molecular complexity index is 1670. The van der Waals surface area contributed by atoms with Gasteiger partial charge in [0.1, 0.15) is 17.1 Å². The Hall–Kier alpha value is -4.56. The maximum Gasteiger partial charge on any atom is 0.250 e. The zero-order valence-corrected chi connectivity index (χ0v) is 20.0. The van der Waals surface area contributed by atoms with Crippen LogP contribution in [0.2, 0.25) is 0 Å². The van der Waals surface area contributed by atoms with E-state index in [0.29, 0.717) is 23.4 Å². The number of hydrogen-bond donors (Lipinski definition) is 3. The van der Waals surface area contributed by atoms with Gasteiger partial charge >= 0.3 is 0 Å². The van der Waals surface area contributed by atoms with Crippen LogP contribution in [0.5, 0.6) is 5.75 Å². The third-order valence-electron chi connectivity index (χ3n) is 8.06. The van der Waals surface area contributed by atoms with Crippen LogP contribution in [0.4, 0.5) is 15.8 Å². The number of hydrogen-bond acceptors (Lipinski definition) is 5. The molecule has 7 rings (SSSR count). The van der Waals surface area contributed by atoms with Gasteiger partial charge in [0.15, 0.2) is 0 Å². The lowest BCUT2D eigenvalue weighted by molar-refractivity contribution is -0.130. The molecule has 3 amide bonds. The topological polar surface area (TPSA) is 98.7 Å². The van der Waals surface area contributed by atoms with E-state index in [1.54, 1.807) is 36.4 Å². The highest BCUT2D eigenvalue weighted by Crippen LogP contribution is 2.54. The summed E-state index contributed by atoms with van der Waals surface area (Å²) >= 11 is 0. The minimum Gasteiger partial charge on any atom is -0.508 e. The molecule has 188 valence electrons. The number of carbonyl (C=O) groups excluding carboxylic acids is 3. The van der Waals surface area contributed by atoms with E-state index in [9.17, 15) is 23.9 Å². The number of rotatable bonds is 3. The van der Waals surface area contributed by atoms with E-state index in [0.717, 1.165) is 16.3 Å². The third kappa shape index (κ3) is 3.07. The summed E-state index contributed by atoms with van der Waals surface area (Å²) in [6, 6.07) is 23.0. The molecule has 3 heterocycles. The number of carbonyl (C=O) groups is 3. The molecule has 0 aromatic heterocycles. The molecule has 0 radical (unpaired) electrons. The SMILES string of the molecule is O=C1[C@H]2C(Cc3ccc(O)cc3)NC3(C(=O)Nc4ccc(F)cc43)[C@H]2C(=O)N1c1ccc2ccccc2c1. The van der Waals surface area contributed by atoms with Gasteiger partial charge in [-0.3, -0.25) is 19.7 Å². The molecule has 38 heavy (non-hydrogen) atoms. The molecule has 3 aliphatic rings. The summed E-state index contributed by atoms with van der Waals surface area (Å²) in [5.41, 5.74) is 0.398. The summed E-state index contributed by atoms with van der Waals surface area (Å²) in [4.78, 5) is 43.0. The van der Waals surface area contributed by atoms with Crippen LogP contribution < -0.4 is 15.5 Å². The van der Waals surface area contributed by atoms with Gasteiger partial charge in [-0.25, -0.2) is 9.29 Å². The van der Waals surface area contributed by atoms with Crippen molar-refractivity contribution in [3.8, 4) is 5.75 Å². The summed E-state index contributed by atoms with van der Waals surface area (Å²) < 4.78 is 14.5. The van der Waals surface area contributed by atoms with Gasteiger partial charge in [0.2, 0.25) is 17.7 Å². The molecule has 4 atom stereocenters. The molecule has 8 heteroatoms. The zero-order chi connectivity index (χ0) is 26.2. The summed E-state index contributed by atoms with van der Waals surface area (Å²) in [5, 5.41) is 17.7. The molecule has 3 aliphatic heterocycles. The van der Waals surface area contributed by atoms with Gasteiger partial charge in [0, 0.05) is 17.3 Å². The van der Waals surface area contributed by atoms with Crippen molar-refractivity contribution in [3.05, 3.63) is 102 Å². The smallest absolute Gasteiger partial charge is 0.250 e. The molecule has 2 fully saturated rings. The first-order valence-electron chi connectivity index (χ1n) is 12.4. The van der Waals surface area contributed by atoms with E-state index in [1.807, 2.05) is 30.3 Å². The second-order valence-corrected chi connectivity index (χ2v) is 10.1. The van der Waals surface area contributed by atoms with Crippen LogP contribution in [0.25, 0.3) is 10.8 Å². The van der Waals surface area contributed by atoms with Crippen molar-refractivity contribution in [2.75, 3.05) is 10.2 Å². The molecule has 1 spiro atoms. The molecule has 0 aliphatic carbocycles. The molecule has 2 unspecified atom stereocenters. The molecule has 7 nitrogen and oxygen atoms in total. The van der Waals surface area contributed by atoms with Crippen molar-refractivity contribution >= 4 is 39.9 Å². The van der Waals surface area contributed by atoms with Crippen LogP contribution in [-0.4, -0.2) is 28.9 Å². The van der Waals surface area contributed by atoms with Gasteiger partial charge in [-0.2, -0.15) is 0 Å². The van der Waals surface area contributed by atoms with E-state index in [1.165, 1.54) is 23.1 Å². The van der Waals surface area contributed by atoms with Gasteiger partial charge in [-0.15, -0.1) is 0 Å². The maximum absolute atomic E-state index is 14.5. The molecule has 2 saturated heterocycles. The molecule has 0 saturated carbocycles. The van der Waals surface area contributed by atoms with Crippen molar-refractivity contribution in [1.82, 2.24) is 5.32 Å². The van der Waals surface area contributed by atoms with Crippen LogP contribution in [0.3, 0.4) is 0 Å². The highest BCUT2D eigenvalue weighted by molar-refractivity contribution is 6.26. The average molecular weight is 508 g/mol. The number of anilines is 2. The quantitative estimate of drug-likeness (QED) is 0.366. The number of nitrogens with zero attached hydrogens (tertiary/aromatic N) is 1. The molecule has 4 aromatic rings. The summed E-state index contributed by atoms with van der Waals surface area (Å²) in [6.45, 7) is 0. The standard InChI is InChI=1S/C30H22FN3O4/c31-19-8-12-23-22(15-19)30(29(38)32-23)26-25(24(33-30)13-16-5-10-21(35)11-6-16)27(36)34(28(26)37)20-9-7-17-3-1-2-4-18(17)14-20/h1-12,14-15,24-26,33,35H,13H2,(H,32,38)/t24?,25-,26+,30?/m0/s1. The van der Waals surface area contributed by atoms with E-state index >= 15 is 0 Å². The third-order valence-corrected chi connectivity index (χ3v) is 8.06. The van der Waals surface area contributed by atoms with Crippen LogP contribution in [-0.2, 0) is 26.3 Å². The Morgan fingerprint density at radius 3 is 2.42 bits per heavy atom. The van der Waals surface area contributed by atoms with Gasteiger partial charge in [0.25, 0.3) is 0 Å². The van der Waals surface area contributed by atoms with E-state index in [2.05, 4.69) is 10.6 Å². The number of fused-ring (bicyclic) bond motifs is 5. The summed E-state index contributed by atoms with van der Waals surface area (Å²) in [7, 11) is 0. The van der Waals surface area contributed by atoms with Gasteiger partial charge < -0.3 is 10.4 Å². The number of benzene rings is 4. The number of aromatic hydroxyl groups is 1. The fraction of sp³-hybridized carbons (Fsp3) is 0.167. The summed E-state index contributed by atoms with van der Waals surface area (Å²) in [5.74, 6) is -3.73. The minimum atomic E-state index is -1.60. The van der Waals surface area contributed by atoms with E-state index in [-0.39, 0.29) is 5.75 Å². The Morgan fingerprint density at radius 1 is 0.868 bits per heavy atom. The van der Waals surface area contributed by atoms with Crippen LogP contribution in [0.15, 0.2) is 84.9 Å². The fourth-order valence-corrected chi connectivity index (χ4v) is 6.41. The maximum atomic E-state index is 14.5. The van der Waals surface area contributed by atoms with Gasteiger partial charge in [-0.1, -0.05) is 42.5 Å². The number of halogens is 1. The van der Waals surface area contributed by atoms with Gasteiger partial charge in [0.05, 0.1) is 17.5 Å². The lowest BCUT2D eigenvalue weighted by Crippen LogP contribution is -2.53. The van der Waals surface area contributed by atoms with Crippen molar-refractivity contribution < 1.29 is 23.9 Å².